The van der Waals surface area contributed by atoms with Gasteiger partial charge in [0.05, 0.1) is 42.1 Å². The second-order valence-electron chi connectivity index (χ2n) is 19.0. The van der Waals surface area contributed by atoms with Crippen LogP contribution in [0.1, 0.15) is 72.1 Å². The van der Waals surface area contributed by atoms with Crippen LogP contribution in [0, 0.1) is 5.92 Å². The lowest BCUT2D eigenvalue weighted by Crippen LogP contribution is -2.52. The van der Waals surface area contributed by atoms with Gasteiger partial charge in [-0.05, 0) is 64.3 Å². The third-order valence-electron chi connectivity index (χ3n) is 13.8. The lowest BCUT2D eigenvalue weighted by atomic mass is 9.86. The average Bonchev–Trinajstić information content (AvgIpc) is 3.93. The van der Waals surface area contributed by atoms with Gasteiger partial charge in [-0.1, -0.05) is 118 Å². The molecule has 2 aliphatic heterocycles. The van der Waals surface area contributed by atoms with Crippen LogP contribution in [-0.2, 0) is 65.0 Å². The van der Waals surface area contributed by atoms with Crippen LogP contribution in [0.4, 0.5) is 4.79 Å². The van der Waals surface area contributed by atoms with Crippen molar-refractivity contribution in [2.45, 2.75) is 70.7 Å². The van der Waals surface area contributed by atoms with Crippen LogP contribution >= 0.6 is 0 Å². The summed E-state index contributed by atoms with van der Waals surface area (Å²) in [7, 11) is 0. The highest BCUT2D eigenvalue weighted by atomic mass is 16.6. The Morgan fingerprint density at radius 1 is 0.836 bits per heavy atom. The van der Waals surface area contributed by atoms with E-state index in [1.807, 2.05) is 105 Å². The van der Waals surface area contributed by atoms with E-state index in [4.69, 9.17) is 14.5 Å². The Hall–Kier alpha value is -8.18. The summed E-state index contributed by atoms with van der Waals surface area (Å²) in [6.07, 6.45) is -0.306. The predicted molar refractivity (Wildman–Crippen MR) is 271 cm³/mol. The van der Waals surface area contributed by atoms with Gasteiger partial charge in [0.2, 0.25) is 23.6 Å². The number of amides is 5. The fraction of sp³-hybridized carbons (Fsp3) is 0.321. The molecular weight excluding hydrogens is 931 g/mol. The number of carbonyl (C=O) groups is 6. The molecule has 0 spiro atoms. The minimum absolute atomic E-state index is 0.0156. The predicted octanol–water partition coefficient (Wildman–Crippen LogP) is 4.61. The van der Waals surface area contributed by atoms with Crippen molar-refractivity contribution in [1.82, 2.24) is 35.7 Å². The molecule has 17 heteroatoms. The number of rotatable bonds is 18. The number of hydrogen-bond donors (Lipinski definition) is 5. The van der Waals surface area contributed by atoms with Crippen molar-refractivity contribution in [2.24, 2.45) is 5.92 Å². The molecule has 4 heterocycles. The number of ether oxygens (including phenoxy) is 2. The summed E-state index contributed by atoms with van der Waals surface area (Å²) < 4.78 is 12.4. The van der Waals surface area contributed by atoms with Crippen LogP contribution in [0.25, 0.3) is 33.4 Å². The molecule has 73 heavy (non-hydrogen) atoms. The summed E-state index contributed by atoms with van der Waals surface area (Å²) >= 11 is 0. The number of fused-ring (bicyclic) bond motifs is 8. The molecule has 0 radical (unpaired) electrons. The number of aliphatic hydroxyl groups is 1. The van der Waals surface area contributed by atoms with Gasteiger partial charge in [0.25, 0.3) is 5.56 Å². The van der Waals surface area contributed by atoms with Gasteiger partial charge in [-0.15, -0.1) is 0 Å². The number of para-hydroxylation sites is 1. The van der Waals surface area contributed by atoms with Gasteiger partial charge in [-0.2, -0.15) is 0 Å². The summed E-state index contributed by atoms with van der Waals surface area (Å²) in [4.78, 5) is 100. The van der Waals surface area contributed by atoms with Gasteiger partial charge in [0.1, 0.15) is 25.8 Å². The molecular formula is C56H57N7O10. The number of pyridine rings is 2. The fourth-order valence-corrected chi connectivity index (χ4v) is 10.1. The SMILES string of the molecule is CC[C@@]1(O)C(=O)OCc2c1cc1n(c2=O)Cc2c-1nc1ccccc1c2CCN(CC(C)C)C(=O)CNC(=O)[C@H](Cc1ccccc1)NC(=O)CNC(=O)CNC(=O)OCC1c2ccccc2-c2ccccc21. The number of hydrogen-bond acceptors (Lipinski definition) is 11. The molecule has 3 aliphatic rings. The monoisotopic (exact) mass is 987 g/mol. The van der Waals surface area contributed by atoms with E-state index >= 15 is 0 Å². The first-order valence-corrected chi connectivity index (χ1v) is 24.6. The third kappa shape index (κ3) is 10.3. The molecule has 0 saturated heterocycles. The molecule has 0 fully saturated rings. The van der Waals surface area contributed by atoms with Gasteiger partial charge in [0.15, 0.2) is 5.60 Å². The molecule has 1 aliphatic carbocycles. The van der Waals surface area contributed by atoms with E-state index in [9.17, 15) is 38.7 Å². The third-order valence-corrected chi connectivity index (χ3v) is 13.8. The largest absolute Gasteiger partial charge is 0.458 e. The highest BCUT2D eigenvalue weighted by Gasteiger charge is 2.45. The summed E-state index contributed by atoms with van der Waals surface area (Å²) in [5.41, 5.74) is 6.48. The van der Waals surface area contributed by atoms with Crippen molar-refractivity contribution in [1.29, 1.82) is 0 Å². The summed E-state index contributed by atoms with van der Waals surface area (Å²) in [6, 6.07) is 33.1. The van der Waals surface area contributed by atoms with E-state index in [1.165, 1.54) is 0 Å². The Morgan fingerprint density at radius 3 is 2.22 bits per heavy atom. The Balaban J connectivity index is 0.821. The van der Waals surface area contributed by atoms with Gasteiger partial charge >= 0.3 is 12.1 Å². The number of nitrogens with one attached hydrogen (secondary N) is 4. The zero-order valence-electron chi connectivity index (χ0n) is 40.9. The quantitative estimate of drug-likeness (QED) is 0.0747. The summed E-state index contributed by atoms with van der Waals surface area (Å²) in [6.45, 7) is 4.94. The Labute approximate surface area is 421 Å². The number of esters is 1. The van der Waals surface area contributed by atoms with Crippen molar-refractivity contribution in [3.63, 3.8) is 0 Å². The van der Waals surface area contributed by atoms with Crippen LogP contribution in [0.3, 0.4) is 0 Å². The van der Waals surface area contributed by atoms with E-state index in [1.54, 1.807) is 34.6 Å². The molecule has 0 saturated carbocycles. The summed E-state index contributed by atoms with van der Waals surface area (Å²) in [5, 5.41) is 22.6. The maximum absolute atomic E-state index is 14.1. The molecule has 5 N–H and O–H groups in total. The lowest BCUT2D eigenvalue weighted by molar-refractivity contribution is -0.172. The van der Waals surface area contributed by atoms with Crippen molar-refractivity contribution >= 4 is 46.6 Å². The smallest absolute Gasteiger partial charge is 0.407 e. The van der Waals surface area contributed by atoms with Crippen molar-refractivity contribution in [2.75, 3.05) is 39.3 Å². The normalized spacial score (nSPS) is 15.5. The second kappa shape index (κ2) is 21.3. The van der Waals surface area contributed by atoms with Gasteiger partial charge < -0.3 is 45.3 Å². The fourth-order valence-electron chi connectivity index (χ4n) is 10.1. The molecule has 0 bridgehead atoms. The standard InChI is InChI=1S/C56H57N7O10/c1-4-56(71)44-25-47-51-41(30-63(47)53(68)43(44)32-72-54(56)69)39(40-20-12-13-21-45(40)61-51)22-23-62(29-33(2)3)50(66)28-58-52(67)46(24-34-14-6-5-7-15-34)60-49(65)27-57-48(64)26-59-55(70)73-31-42-37-18-10-8-16-35(37)36-17-9-11-19-38(36)42/h5-21,25,33,42,46,71H,4,22-24,26-32H2,1-3H3,(H,57,64)(H,58,67)(H,59,70)(H,60,65)/t46-,56-/m0/s1. The second-order valence-corrected chi connectivity index (χ2v) is 19.0. The lowest BCUT2D eigenvalue weighted by Gasteiger charge is -2.31. The Kier molecular flexibility index (Phi) is 14.5. The molecule has 6 aromatic rings. The maximum atomic E-state index is 14.1. The topological polar surface area (TPSA) is 227 Å². The number of alkyl carbamates (subject to hydrolysis) is 1. The van der Waals surface area contributed by atoms with Crippen LogP contribution in [0.5, 0.6) is 0 Å². The van der Waals surface area contributed by atoms with Crippen molar-refractivity contribution in [3.05, 3.63) is 158 Å². The maximum Gasteiger partial charge on any atom is 0.407 e. The molecule has 5 amide bonds. The number of carbonyl (C=O) groups excluding carboxylic acids is 6. The van der Waals surface area contributed by atoms with Gasteiger partial charge in [-0.3, -0.25) is 24.0 Å². The molecule has 0 unspecified atom stereocenters. The van der Waals surface area contributed by atoms with E-state index < -0.39 is 54.5 Å². The highest BCUT2D eigenvalue weighted by Crippen LogP contribution is 2.45. The Morgan fingerprint density at radius 2 is 1.51 bits per heavy atom. The zero-order valence-corrected chi connectivity index (χ0v) is 40.9. The van der Waals surface area contributed by atoms with Crippen molar-refractivity contribution < 1.29 is 43.3 Å². The van der Waals surface area contributed by atoms with Crippen LogP contribution in [0.2, 0.25) is 0 Å². The molecule has 4 aromatic carbocycles. The van der Waals surface area contributed by atoms with E-state index in [0.717, 1.165) is 44.3 Å². The number of nitrogens with zero attached hydrogens (tertiary/aromatic N) is 3. The van der Waals surface area contributed by atoms with Crippen LogP contribution in [0.15, 0.2) is 114 Å². The first-order chi connectivity index (χ1) is 35.2. The van der Waals surface area contributed by atoms with Crippen LogP contribution < -0.4 is 26.8 Å². The Bertz CT molecular complexity index is 3160. The molecule has 2 aromatic heterocycles. The molecule has 376 valence electrons. The van der Waals surface area contributed by atoms with Gasteiger partial charge in [-0.25, -0.2) is 14.6 Å². The molecule has 17 nitrogen and oxygen atoms in total. The minimum Gasteiger partial charge on any atom is -0.458 e. The van der Waals surface area contributed by atoms with Crippen LogP contribution in [-0.4, -0.2) is 101 Å². The van der Waals surface area contributed by atoms with E-state index in [2.05, 4.69) is 21.3 Å². The number of benzene rings is 4. The highest BCUT2D eigenvalue weighted by molar-refractivity contribution is 5.93. The number of cyclic esters (lactones) is 1. The average molecular weight is 988 g/mol. The molecule has 9 rings (SSSR count). The zero-order chi connectivity index (χ0) is 51.4. The van der Waals surface area contributed by atoms with E-state index in [-0.39, 0.29) is 80.1 Å². The van der Waals surface area contributed by atoms with Gasteiger partial charge in [0, 0.05) is 41.9 Å². The van der Waals surface area contributed by atoms with Crippen molar-refractivity contribution in [3.8, 4) is 22.5 Å². The first kappa shape index (κ1) is 49.8. The minimum atomic E-state index is -1.97. The molecule has 2 atom stereocenters. The first-order valence-electron chi connectivity index (χ1n) is 24.6. The summed E-state index contributed by atoms with van der Waals surface area (Å²) in [5.74, 6) is -3.18. The number of aromatic nitrogens is 2. The van der Waals surface area contributed by atoms with E-state index in [0.29, 0.717) is 29.9 Å².